The van der Waals surface area contributed by atoms with Crippen molar-refractivity contribution >= 4 is 22.3 Å². The summed E-state index contributed by atoms with van der Waals surface area (Å²) in [5, 5.41) is 14.0. The molecule has 1 N–H and O–H groups in total. The third kappa shape index (κ3) is 4.64. The molecule has 7 nitrogen and oxygen atoms in total. The molecule has 6 rings (SSSR count). The lowest BCUT2D eigenvalue weighted by atomic mass is 10.00. The number of nitriles is 1. The lowest BCUT2D eigenvalue weighted by Crippen LogP contribution is -2.54. The Morgan fingerprint density at radius 3 is 2.81 bits per heavy atom. The van der Waals surface area contributed by atoms with Crippen LogP contribution in [0.4, 0.5) is 11.4 Å². The smallest absolute Gasteiger partial charge is 0.101 e. The number of morpholine rings is 1. The molecule has 0 amide bonds. The first-order valence-corrected chi connectivity index (χ1v) is 13.2. The summed E-state index contributed by atoms with van der Waals surface area (Å²) in [6.45, 7) is 11.0. The van der Waals surface area contributed by atoms with Crippen molar-refractivity contribution in [2.24, 2.45) is 0 Å². The number of ether oxygens (including phenoxy) is 1. The molecule has 0 radical (unpaired) electrons. The van der Waals surface area contributed by atoms with Crippen LogP contribution in [0.15, 0.2) is 48.7 Å². The predicted octanol–water partition coefficient (Wildman–Crippen LogP) is 3.17. The normalized spacial score (nSPS) is 22.9. The molecule has 0 saturated carbocycles. The summed E-state index contributed by atoms with van der Waals surface area (Å²) < 4.78 is 6.40. The Morgan fingerprint density at radius 1 is 1.06 bits per heavy atom. The minimum Gasteiger partial charge on any atom is -0.370 e. The number of benzene rings is 2. The van der Waals surface area contributed by atoms with Crippen molar-refractivity contribution in [3.8, 4) is 6.07 Å². The Morgan fingerprint density at radius 2 is 1.94 bits per heavy atom. The fourth-order valence-corrected chi connectivity index (χ4v) is 6.01. The van der Waals surface area contributed by atoms with E-state index in [-0.39, 0.29) is 12.2 Å². The minimum atomic E-state index is 0.150. The summed E-state index contributed by atoms with van der Waals surface area (Å²) in [5.41, 5.74) is 6.85. The molecular formula is C29H34N6O. The van der Waals surface area contributed by atoms with Gasteiger partial charge in [-0.3, -0.25) is 9.88 Å². The molecule has 3 aliphatic rings. The van der Waals surface area contributed by atoms with E-state index in [1.807, 2.05) is 12.1 Å². The number of nitrogens with one attached hydrogen (secondary N) is 1. The molecule has 1 aromatic heterocycles. The molecule has 4 heterocycles. The highest BCUT2D eigenvalue weighted by Crippen LogP contribution is 2.30. The summed E-state index contributed by atoms with van der Waals surface area (Å²) in [4.78, 5) is 12.0. The first-order chi connectivity index (χ1) is 17.7. The highest BCUT2D eigenvalue weighted by atomic mass is 16.5. The topological polar surface area (TPSA) is 67.7 Å². The van der Waals surface area contributed by atoms with Crippen LogP contribution in [0, 0.1) is 11.3 Å². The Kier molecular flexibility index (Phi) is 6.49. The second-order valence-corrected chi connectivity index (χ2v) is 10.3. The zero-order chi connectivity index (χ0) is 24.5. The quantitative estimate of drug-likeness (QED) is 0.613. The van der Waals surface area contributed by atoms with Gasteiger partial charge in [0.15, 0.2) is 0 Å². The second kappa shape index (κ2) is 10.1. The average Bonchev–Trinajstić information content (AvgIpc) is 2.92. The van der Waals surface area contributed by atoms with E-state index in [0.717, 1.165) is 81.9 Å². The summed E-state index contributed by atoms with van der Waals surface area (Å²) in [5.74, 6) is 0. The first-order valence-electron chi connectivity index (χ1n) is 13.2. The number of aromatic nitrogens is 1. The van der Waals surface area contributed by atoms with Gasteiger partial charge in [0.05, 0.1) is 23.3 Å². The molecule has 36 heavy (non-hydrogen) atoms. The van der Waals surface area contributed by atoms with Crippen molar-refractivity contribution in [1.29, 1.82) is 5.26 Å². The number of fused-ring (bicyclic) bond motifs is 2. The van der Waals surface area contributed by atoms with Gasteiger partial charge >= 0.3 is 0 Å². The molecule has 2 fully saturated rings. The average molecular weight is 483 g/mol. The predicted molar refractivity (Wildman–Crippen MR) is 144 cm³/mol. The van der Waals surface area contributed by atoms with E-state index in [9.17, 15) is 5.26 Å². The fourth-order valence-electron chi connectivity index (χ4n) is 6.01. The summed E-state index contributed by atoms with van der Waals surface area (Å²) in [6.07, 6.45) is 3.20. The van der Waals surface area contributed by atoms with Gasteiger partial charge in [-0.15, -0.1) is 0 Å². The van der Waals surface area contributed by atoms with Gasteiger partial charge in [0.2, 0.25) is 0 Å². The van der Waals surface area contributed by atoms with Crippen LogP contribution in [0.2, 0.25) is 0 Å². The number of hydrogen-bond donors (Lipinski definition) is 1. The van der Waals surface area contributed by atoms with Crippen LogP contribution in [-0.2, 0) is 17.7 Å². The Labute approximate surface area is 213 Å². The van der Waals surface area contributed by atoms with Gasteiger partial charge in [0, 0.05) is 75.3 Å². The minimum absolute atomic E-state index is 0.150. The van der Waals surface area contributed by atoms with Crippen molar-refractivity contribution in [3.63, 3.8) is 0 Å². The second-order valence-electron chi connectivity index (χ2n) is 10.3. The lowest BCUT2D eigenvalue weighted by molar-refractivity contribution is -0.0327. The van der Waals surface area contributed by atoms with Crippen molar-refractivity contribution in [2.75, 3.05) is 62.2 Å². The molecule has 2 unspecified atom stereocenters. The molecule has 2 aromatic carbocycles. The van der Waals surface area contributed by atoms with E-state index in [0.29, 0.717) is 5.56 Å². The van der Waals surface area contributed by atoms with Crippen LogP contribution >= 0.6 is 0 Å². The molecule has 2 saturated heterocycles. The molecule has 2 atom stereocenters. The van der Waals surface area contributed by atoms with E-state index in [1.54, 1.807) is 6.20 Å². The number of rotatable bonds is 4. The number of hydrogen-bond acceptors (Lipinski definition) is 7. The SMILES string of the molecule is CC1CN(c2ccc(C#N)c3ncccc23)CC(CN2CCN(c3ccc4c(c3)CNCC4)CC2)O1. The third-order valence-electron chi connectivity index (χ3n) is 7.81. The number of anilines is 2. The van der Waals surface area contributed by atoms with Crippen LogP contribution in [0.3, 0.4) is 0 Å². The van der Waals surface area contributed by atoms with Gasteiger partial charge in [0.25, 0.3) is 0 Å². The molecule has 3 aromatic rings. The van der Waals surface area contributed by atoms with Crippen molar-refractivity contribution in [1.82, 2.24) is 15.2 Å². The fraction of sp³-hybridized carbons (Fsp3) is 0.448. The molecule has 0 aliphatic carbocycles. The van der Waals surface area contributed by atoms with Crippen LogP contribution in [0.25, 0.3) is 10.9 Å². The van der Waals surface area contributed by atoms with Crippen LogP contribution < -0.4 is 15.1 Å². The maximum Gasteiger partial charge on any atom is 0.101 e. The van der Waals surface area contributed by atoms with Gasteiger partial charge in [-0.2, -0.15) is 5.26 Å². The van der Waals surface area contributed by atoms with Gasteiger partial charge in [-0.05, 0) is 67.4 Å². The standard InChI is InChI=1S/C29H34N6O/c1-21-18-35(28-7-5-23(16-30)29-27(28)3-2-9-32-29)20-26(36-21)19-33-11-13-34(14-12-33)25-6-4-22-8-10-31-17-24(22)15-25/h2-7,9,15,21,26,31H,8,10-14,17-20H2,1H3. The van der Waals surface area contributed by atoms with Gasteiger partial charge in [-0.1, -0.05) is 6.07 Å². The van der Waals surface area contributed by atoms with E-state index >= 15 is 0 Å². The van der Waals surface area contributed by atoms with Crippen molar-refractivity contribution in [3.05, 3.63) is 65.4 Å². The lowest BCUT2D eigenvalue weighted by Gasteiger charge is -2.42. The van der Waals surface area contributed by atoms with Gasteiger partial charge in [0.1, 0.15) is 6.07 Å². The maximum atomic E-state index is 9.51. The number of nitrogens with zero attached hydrogens (tertiary/aromatic N) is 5. The largest absolute Gasteiger partial charge is 0.370 e. The zero-order valence-electron chi connectivity index (χ0n) is 21.0. The zero-order valence-corrected chi connectivity index (χ0v) is 21.0. The van der Waals surface area contributed by atoms with E-state index in [4.69, 9.17) is 4.74 Å². The van der Waals surface area contributed by atoms with Crippen LogP contribution in [-0.4, -0.2) is 74.4 Å². The Hall–Kier alpha value is -3.18. The highest BCUT2D eigenvalue weighted by molar-refractivity contribution is 5.95. The number of pyridine rings is 1. The summed E-state index contributed by atoms with van der Waals surface area (Å²) >= 11 is 0. The van der Waals surface area contributed by atoms with E-state index in [2.05, 4.69) is 68.3 Å². The molecule has 7 heteroatoms. The third-order valence-corrected chi connectivity index (χ3v) is 7.81. The summed E-state index contributed by atoms with van der Waals surface area (Å²) in [6, 6.07) is 17.3. The monoisotopic (exact) mass is 482 g/mol. The summed E-state index contributed by atoms with van der Waals surface area (Å²) in [7, 11) is 0. The van der Waals surface area contributed by atoms with E-state index < -0.39 is 0 Å². The van der Waals surface area contributed by atoms with Gasteiger partial charge < -0.3 is 19.9 Å². The van der Waals surface area contributed by atoms with Gasteiger partial charge in [-0.25, -0.2) is 0 Å². The molecule has 0 spiro atoms. The molecule has 3 aliphatic heterocycles. The first kappa shape index (κ1) is 23.2. The van der Waals surface area contributed by atoms with Crippen LogP contribution in [0.5, 0.6) is 0 Å². The van der Waals surface area contributed by atoms with Crippen LogP contribution in [0.1, 0.15) is 23.6 Å². The molecule has 186 valence electrons. The van der Waals surface area contributed by atoms with Crippen molar-refractivity contribution < 1.29 is 4.74 Å². The Bertz CT molecular complexity index is 1280. The maximum absolute atomic E-state index is 9.51. The van der Waals surface area contributed by atoms with Crippen molar-refractivity contribution in [2.45, 2.75) is 32.1 Å². The molecule has 0 bridgehead atoms. The number of piperazine rings is 1. The Balaban J connectivity index is 1.11. The van der Waals surface area contributed by atoms with E-state index in [1.165, 1.54) is 16.8 Å². The molecular weight excluding hydrogens is 448 g/mol. The highest BCUT2D eigenvalue weighted by Gasteiger charge is 2.29.